The Morgan fingerprint density at radius 2 is 2.15 bits per heavy atom. The van der Waals surface area contributed by atoms with Crippen LogP contribution in [0.15, 0.2) is 18.2 Å². The molecule has 1 aromatic rings. The van der Waals surface area contributed by atoms with Gasteiger partial charge in [0, 0.05) is 18.8 Å². The van der Waals surface area contributed by atoms with Crippen molar-refractivity contribution in [2.24, 2.45) is 11.3 Å². The van der Waals surface area contributed by atoms with Crippen molar-refractivity contribution in [2.45, 2.75) is 58.8 Å². The highest BCUT2D eigenvalue weighted by atomic mass is 16.4. The van der Waals surface area contributed by atoms with E-state index in [0.717, 1.165) is 42.5 Å². The number of carboxylic acid groups (broad SMARTS) is 1. The van der Waals surface area contributed by atoms with Crippen LogP contribution in [0.1, 0.15) is 63.5 Å². The predicted octanol–water partition coefficient (Wildman–Crippen LogP) is 4.48. The van der Waals surface area contributed by atoms with Gasteiger partial charge < -0.3 is 15.3 Å². The van der Waals surface area contributed by atoms with Crippen molar-refractivity contribution in [2.75, 3.05) is 18.4 Å². The summed E-state index contributed by atoms with van der Waals surface area (Å²) in [7, 11) is 0. The van der Waals surface area contributed by atoms with Crippen molar-refractivity contribution in [1.29, 1.82) is 0 Å². The minimum absolute atomic E-state index is 0.0844. The minimum Gasteiger partial charge on any atom is -0.481 e. The molecule has 2 aliphatic rings. The monoisotopic (exact) mass is 358 g/mol. The first-order chi connectivity index (χ1) is 12.4. The van der Waals surface area contributed by atoms with Gasteiger partial charge in [0.2, 0.25) is 0 Å². The van der Waals surface area contributed by atoms with Gasteiger partial charge >= 0.3 is 12.0 Å². The van der Waals surface area contributed by atoms with E-state index in [-0.39, 0.29) is 11.9 Å². The van der Waals surface area contributed by atoms with E-state index in [0.29, 0.717) is 25.4 Å². The van der Waals surface area contributed by atoms with Crippen LogP contribution in [-0.4, -0.2) is 35.1 Å². The van der Waals surface area contributed by atoms with Crippen LogP contribution in [0.3, 0.4) is 0 Å². The van der Waals surface area contributed by atoms with E-state index < -0.39 is 11.4 Å². The second kappa shape index (κ2) is 7.29. The van der Waals surface area contributed by atoms with Gasteiger partial charge in [-0.2, -0.15) is 0 Å². The molecule has 5 heteroatoms. The minimum atomic E-state index is -0.746. The maximum atomic E-state index is 13.0. The normalized spacial score (nSPS) is 24.8. The van der Waals surface area contributed by atoms with E-state index in [1.54, 1.807) is 4.90 Å². The lowest BCUT2D eigenvalue weighted by Crippen LogP contribution is -2.39. The number of carbonyl (C=O) groups is 2. The van der Waals surface area contributed by atoms with E-state index in [1.807, 2.05) is 0 Å². The molecule has 1 saturated heterocycles. The number of amides is 2. The quantitative estimate of drug-likeness (QED) is 0.815. The summed E-state index contributed by atoms with van der Waals surface area (Å²) in [5.41, 5.74) is 2.47. The molecular weight excluding hydrogens is 328 g/mol. The van der Waals surface area contributed by atoms with E-state index in [9.17, 15) is 14.7 Å². The van der Waals surface area contributed by atoms with Crippen molar-refractivity contribution in [3.05, 3.63) is 29.3 Å². The van der Waals surface area contributed by atoms with Crippen molar-refractivity contribution in [3.8, 4) is 0 Å². The fourth-order valence-corrected chi connectivity index (χ4v) is 4.71. The Bertz CT molecular complexity index is 700. The predicted molar refractivity (Wildman–Crippen MR) is 103 cm³/mol. The molecule has 1 saturated carbocycles. The molecule has 0 aromatic heterocycles. The maximum absolute atomic E-state index is 13.0. The van der Waals surface area contributed by atoms with Gasteiger partial charge in [-0.25, -0.2) is 4.79 Å². The Kier molecular flexibility index (Phi) is 5.26. The lowest BCUT2D eigenvalue weighted by Gasteiger charge is -2.24. The van der Waals surface area contributed by atoms with Crippen LogP contribution in [0.4, 0.5) is 10.5 Å². The molecule has 0 unspecified atom stereocenters. The second-order valence-corrected chi connectivity index (χ2v) is 8.15. The fourth-order valence-electron chi connectivity index (χ4n) is 4.71. The highest BCUT2D eigenvalue weighted by Gasteiger charge is 2.55. The smallest absolute Gasteiger partial charge is 0.321 e. The van der Waals surface area contributed by atoms with Gasteiger partial charge in [-0.3, -0.25) is 4.79 Å². The summed E-state index contributed by atoms with van der Waals surface area (Å²) in [6.45, 7) is 7.25. The number of hydrogen-bond donors (Lipinski definition) is 2. The fraction of sp³-hybridized carbons (Fsp3) is 0.619. The van der Waals surface area contributed by atoms with Gasteiger partial charge in [0.05, 0.1) is 5.41 Å². The van der Waals surface area contributed by atoms with Gasteiger partial charge in [-0.1, -0.05) is 51.8 Å². The number of aryl methyl sites for hydroxylation is 1. The molecule has 0 bridgehead atoms. The Balaban J connectivity index is 1.82. The summed E-state index contributed by atoms with van der Waals surface area (Å²) in [6.07, 6.45) is 4.46. The van der Waals surface area contributed by atoms with E-state index in [1.165, 1.54) is 0 Å². The summed E-state index contributed by atoms with van der Waals surface area (Å²) < 4.78 is 0. The molecule has 5 nitrogen and oxygen atoms in total. The number of nitrogens with zero attached hydrogens (tertiary/aromatic N) is 1. The number of urea groups is 1. The summed E-state index contributed by atoms with van der Waals surface area (Å²) in [4.78, 5) is 26.5. The van der Waals surface area contributed by atoms with Crippen molar-refractivity contribution in [1.82, 2.24) is 4.90 Å². The number of para-hydroxylation sites is 1. The molecule has 1 heterocycles. The Morgan fingerprint density at radius 3 is 2.77 bits per heavy atom. The average molecular weight is 358 g/mol. The first-order valence-electron chi connectivity index (χ1n) is 9.80. The number of carbonyl (C=O) groups excluding carboxylic acids is 1. The number of hydrogen-bond acceptors (Lipinski definition) is 2. The zero-order chi connectivity index (χ0) is 18.9. The van der Waals surface area contributed by atoms with Crippen LogP contribution in [0.25, 0.3) is 0 Å². The van der Waals surface area contributed by atoms with E-state index in [4.69, 9.17) is 0 Å². The second-order valence-electron chi connectivity index (χ2n) is 8.15. The molecule has 2 fully saturated rings. The Morgan fingerprint density at radius 1 is 1.38 bits per heavy atom. The molecule has 0 radical (unpaired) electrons. The number of carboxylic acids is 1. The van der Waals surface area contributed by atoms with Crippen LogP contribution in [0.2, 0.25) is 0 Å². The number of benzene rings is 1. The molecule has 0 spiro atoms. The lowest BCUT2D eigenvalue weighted by atomic mass is 9.81. The third-order valence-electron chi connectivity index (χ3n) is 6.14. The van der Waals surface area contributed by atoms with Crippen LogP contribution in [-0.2, 0) is 11.2 Å². The van der Waals surface area contributed by atoms with Gasteiger partial charge in [-0.05, 0) is 42.2 Å². The first kappa shape index (κ1) is 18.7. The number of aliphatic carboxylic acids is 1. The van der Waals surface area contributed by atoms with Crippen LogP contribution in [0, 0.1) is 11.3 Å². The zero-order valence-electron chi connectivity index (χ0n) is 16.0. The molecule has 2 amide bonds. The SMILES string of the molecule is CCCc1cccc(C(C)C)c1NC(=O)N1C[C@@H]2CCC[C@@]2(C(=O)O)C1. The highest BCUT2D eigenvalue weighted by molar-refractivity contribution is 5.92. The summed E-state index contributed by atoms with van der Waals surface area (Å²) in [5, 5.41) is 12.9. The highest BCUT2D eigenvalue weighted by Crippen LogP contribution is 2.49. The molecule has 1 aliphatic heterocycles. The standard InChI is InChI=1S/C21H30N2O3/c1-4-7-15-8-5-10-17(14(2)3)18(15)22-20(26)23-12-16-9-6-11-21(16,13-23)19(24)25/h5,8,10,14,16H,4,6-7,9,11-13H2,1-3H3,(H,22,26)(H,24,25)/t16-,21+/m0/s1. The van der Waals surface area contributed by atoms with E-state index in [2.05, 4.69) is 44.3 Å². The lowest BCUT2D eigenvalue weighted by molar-refractivity contribution is -0.149. The maximum Gasteiger partial charge on any atom is 0.321 e. The summed E-state index contributed by atoms with van der Waals surface area (Å²) in [5.74, 6) is -0.351. The first-order valence-corrected chi connectivity index (χ1v) is 9.80. The molecular formula is C21H30N2O3. The van der Waals surface area contributed by atoms with Crippen molar-refractivity contribution >= 4 is 17.7 Å². The van der Waals surface area contributed by atoms with Crippen molar-refractivity contribution in [3.63, 3.8) is 0 Å². The number of fused-ring (bicyclic) bond motifs is 1. The Hall–Kier alpha value is -2.04. The molecule has 2 atom stereocenters. The van der Waals surface area contributed by atoms with Gasteiger partial charge in [0.1, 0.15) is 0 Å². The summed E-state index contributed by atoms with van der Waals surface area (Å²) >= 11 is 0. The molecule has 3 rings (SSSR count). The topological polar surface area (TPSA) is 69.6 Å². The van der Waals surface area contributed by atoms with Crippen LogP contribution in [0.5, 0.6) is 0 Å². The van der Waals surface area contributed by atoms with Gasteiger partial charge in [0.15, 0.2) is 0 Å². The molecule has 2 N–H and O–H groups in total. The number of anilines is 1. The Labute approximate surface area is 155 Å². The number of rotatable bonds is 5. The number of likely N-dealkylation sites (tertiary alicyclic amines) is 1. The number of nitrogens with one attached hydrogen (secondary N) is 1. The third kappa shape index (κ3) is 3.19. The van der Waals surface area contributed by atoms with E-state index >= 15 is 0 Å². The molecule has 1 aromatic carbocycles. The molecule has 142 valence electrons. The van der Waals surface area contributed by atoms with Gasteiger partial charge in [0.25, 0.3) is 0 Å². The average Bonchev–Trinajstić information content (AvgIpc) is 3.14. The largest absolute Gasteiger partial charge is 0.481 e. The summed E-state index contributed by atoms with van der Waals surface area (Å²) in [6, 6.07) is 6.03. The van der Waals surface area contributed by atoms with Gasteiger partial charge in [-0.15, -0.1) is 0 Å². The molecule has 1 aliphatic carbocycles. The molecule has 26 heavy (non-hydrogen) atoms. The van der Waals surface area contributed by atoms with Crippen LogP contribution < -0.4 is 5.32 Å². The van der Waals surface area contributed by atoms with Crippen LogP contribution >= 0.6 is 0 Å². The third-order valence-corrected chi connectivity index (χ3v) is 6.14. The zero-order valence-corrected chi connectivity index (χ0v) is 16.0. The van der Waals surface area contributed by atoms with Crippen molar-refractivity contribution < 1.29 is 14.7 Å².